The molecule has 50 heavy (non-hydrogen) atoms. The number of fused-ring (bicyclic) bond motifs is 4. The summed E-state index contributed by atoms with van der Waals surface area (Å²) >= 11 is -2.62. The number of hydrogen-bond donors (Lipinski definition) is 0. The first-order valence-electron chi connectivity index (χ1n) is 19.4. The van der Waals surface area contributed by atoms with Gasteiger partial charge in [0.2, 0.25) is 0 Å². The quantitative estimate of drug-likeness (QED) is 0.0922. The maximum atomic E-state index is 4.15. The van der Waals surface area contributed by atoms with Crippen LogP contribution in [0.4, 0.5) is 0 Å². The van der Waals surface area contributed by atoms with Crippen molar-refractivity contribution < 1.29 is 0 Å². The van der Waals surface area contributed by atoms with Gasteiger partial charge in [0.05, 0.1) is 0 Å². The third kappa shape index (κ3) is 7.67. The normalized spacial score (nSPS) is 12.3. The Labute approximate surface area is 311 Å². The Kier molecular flexibility index (Phi) is 14.6. The summed E-state index contributed by atoms with van der Waals surface area (Å²) < 4.78 is 6.02. The van der Waals surface area contributed by atoms with Crippen molar-refractivity contribution in [3.63, 3.8) is 0 Å². The Morgan fingerprint density at radius 2 is 0.720 bits per heavy atom. The molecule has 0 aliphatic rings. The van der Waals surface area contributed by atoms with E-state index in [0.29, 0.717) is 30.0 Å². The first kappa shape index (κ1) is 41.6. The van der Waals surface area contributed by atoms with Crippen LogP contribution >= 0.6 is 10.0 Å². The molecule has 0 radical (unpaired) electrons. The molecule has 0 saturated heterocycles. The Bertz CT molecular complexity index is 1750. The van der Waals surface area contributed by atoms with E-state index in [9.17, 15) is 0 Å². The molecular formula is C48H66GeS. The summed E-state index contributed by atoms with van der Waals surface area (Å²) in [6.07, 6.45) is 0. The second-order valence-corrected chi connectivity index (χ2v) is 31.3. The third-order valence-electron chi connectivity index (χ3n) is 10.8. The SMILES string of the molecule is CC.CC.CC(C)S(C#Cc1c2cc3ccccc3cc2c(C#[C][Ge]([CH](C)C)([CH](C)C)[CH](C)C)c2cc3ccccc3cc12)(C(C)C)C(C)C. The van der Waals surface area contributed by atoms with Crippen LogP contribution in [0.5, 0.6) is 0 Å². The molecule has 0 nitrogen and oxygen atoms in total. The molecular weight excluding hydrogens is 681 g/mol. The van der Waals surface area contributed by atoms with Crippen molar-refractivity contribution in [1.29, 1.82) is 0 Å². The molecule has 0 saturated carbocycles. The molecule has 0 amide bonds. The van der Waals surface area contributed by atoms with Gasteiger partial charge in [-0.05, 0) is 0 Å². The van der Waals surface area contributed by atoms with Gasteiger partial charge in [-0.15, -0.1) is 0 Å². The zero-order valence-corrected chi connectivity index (χ0v) is 37.2. The predicted molar refractivity (Wildman–Crippen MR) is 237 cm³/mol. The van der Waals surface area contributed by atoms with Crippen LogP contribution in [0.1, 0.15) is 122 Å². The van der Waals surface area contributed by atoms with Gasteiger partial charge in [-0.3, -0.25) is 0 Å². The van der Waals surface area contributed by atoms with Gasteiger partial charge in [0.25, 0.3) is 0 Å². The molecule has 5 aromatic carbocycles. The van der Waals surface area contributed by atoms with Crippen molar-refractivity contribution in [3.05, 3.63) is 83.9 Å². The molecule has 2 heteroatoms. The van der Waals surface area contributed by atoms with Gasteiger partial charge in [0.1, 0.15) is 0 Å². The molecule has 0 N–H and O–H groups in total. The Hall–Kier alpha value is -2.85. The first-order chi connectivity index (χ1) is 23.7. The van der Waals surface area contributed by atoms with E-state index < -0.39 is 23.3 Å². The van der Waals surface area contributed by atoms with E-state index in [-0.39, 0.29) is 0 Å². The van der Waals surface area contributed by atoms with Crippen LogP contribution < -0.4 is 0 Å². The van der Waals surface area contributed by atoms with E-state index in [1.54, 1.807) is 0 Å². The number of rotatable bonds is 6. The molecule has 0 heterocycles. The van der Waals surface area contributed by atoms with Crippen molar-refractivity contribution in [3.8, 4) is 21.8 Å². The topological polar surface area (TPSA) is 0 Å². The fourth-order valence-corrected chi connectivity index (χ4v) is 23.8. The van der Waals surface area contributed by atoms with E-state index in [1.807, 2.05) is 27.7 Å². The summed E-state index contributed by atoms with van der Waals surface area (Å²) in [5, 5.41) is 15.6. The maximum absolute atomic E-state index is 4.15. The molecule has 0 aliphatic carbocycles. The van der Waals surface area contributed by atoms with Gasteiger partial charge >= 0.3 is 285 Å². The van der Waals surface area contributed by atoms with E-state index in [2.05, 4.69) is 178 Å². The molecule has 0 aromatic heterocycles. The van der Waals surface area contributed by atoms with Crippen LogP contribution in [0.15, 0.2) is 72.8 Å². The van der Waals surface area contributed by atoms with Crippen LogP contribution in [-0.2, 0) is 0 Å². The second kappa shape index (κ2) is 17.6. The summed E-state index contributed by atoms with van der Waals surface area (Å²) in [4.78, 5) is 0. The van der Waals surface area contributed by atoms with Gasteiger partial charge in [0.15, 0.2) is 0 Å². The molecule has 0 atom stereocenters. The van der Waals surface area contributed by atoms with Crippen molar-refractivity contribution >= 4 is 66.4 Å². The van der Waals surface area contributed by atoms with Crippen LogP contribution in [0.25, 0.3) is 43.1 Å². The van der Waals surface area contributed by atoms with Crippen molar-refractivity contribution in [2.75, 3.05) is 0 Å². The molecule has 0 spiro atoms. The minimum absolute atomic E-state index is 0.521. The fourth-order valence-electron chi connectivity index (χ4n) is 8.60. The van der Waals surface area contributed by atoms with Crippen LogP contribution in [0.3, 0.4) is 0 Å². The van der Waals surface area contributed by atoms with E-state index in [0.717, 1.165) is 5.56 Å². The molecule has 0 unspecified atom stereocenters. The Balaban J connectivity index is 0.00000163. The van der Waals surface area contributed by atoms with Crippen LogP contribution in [0, 0.1) is 21.8 Å². The van der Waals surface area contributed by atoms with Crippen LogP contribution in [0.2, 0.25) is 14.3 Å². The van der Waals surface area contributed by atoms with Crippen molar-refractivity contribution in [2.24, 2.45) is 0 Å². The van der Waals surface area contributed by atoms with Gasteiger partial charge in [0, 0.05) is 0 Å². The standard InChI is InChI=1S/C44H54GeS.2C2H6/c1-29(2)45(30(3)4,31(5)6)23-21-39-41-25-35-17-13-15-19-37(35)27-43(41)40(22-24-46(32(7)8,33(9)10)34(11)12)44-28-38-20-16-14-18-36(38)26-42(39)44;2*1-2/h13-20,25-34H,1-12H3;2*1-2H3. The predicted octanol–water partition coefficient (Wildman–Crippen LogP) is 15.3. The molecule has 5 rings (SSSR count). The summed E-state index contributed by atoms with van der Waals surface area (Å²) in [6.45, 7) is 36.9. The van der Waals surface area contributed by atoms with Gasteiger partial charge in [-0.2, -0.15) is 0 Å². The zero-order valence-electron chi connectivity index (χ0n) is 34.3. The molecule has 0 bridgehead atoms. The Morgan fingerprint density at radius 3 is 0.980 bits per heavy atom. The molecule has 0 aliphatic heterocycles. The van der Waals surface area contributed by atoms with E-state index in [1.165, 1.54) is 48.7 Å². The minimum atomic E-state index is -2.62. The van der Waals surface area contributed by atoms with Gasteiger partial charge in [-0.1, -0.05) is 27.7 Å². The molecule has 5 aromatic rings. The number of benzene rings is 5. The Morgan fingerprint density at radius 1 is 0.440 bits per heavy atom. The molecule has 0 fully saturated rings. The van der Waals surface area contributed by atoms with Crippen molar-refractivity contribution in [1.82, 2.24) is 0 Å². The van der Waals surface area contributed by atoms with Crippen molar-refractivity contribution in [2.45, 2.75) is 141 Å². The summed E-state index contributed by atoms with van der Waals surface area (Å²) in [5.74, 6) is 7.94. The second-order valence-electron chi connectivity index (χ2n) is 15.0. The van der Waals surface area contributed by atoms with E-state index in [4.69, 9.17) is 0 Å². The average molecular weight is 748 g/mol. The first-order valence-corrected chi connectivity index (χ1v) is 25.9. The molecule has 268 valence electrons. The zero-order chi connectivity index (χ0) is 37.6. The van der Waals surface area contributed by atoms with Gasteiger partial charge in [-0.25, -0.2) is 0 Å². The monoisotopic (exact) mass is 748 g/mol. The average Bonchev–Trinajstić information content (AvgIpc) is 3.08. The van der Waals surface area contributed by atoms with E-state index >= 15 is 0 Å². The fraction of sp³-hybridized carbons (Fsp3) is 0.458. The summed E-state index contributed by atoms with van der Waals surface area (Å²) in [6, 6.07) is 27.2. The third-order valence-corrected chi connectivity index (χ3v) is 29.1. The van der Waals surface area contributed by atoms with Crippen LogP contribution in [-0.4, -0.2) is 29.0 Å². The summed E-state index contributed by atoms with van der Waals surface area (Å²) in [5.41, 5.74) is 2.34. The summed E-state index contributed by atoms with van der Waals surface area (Å²) in [7, 11) is -1.22. The van der Waals surface area contributed by atoms with Gasteiger partial charge < -0.3 is 0 Å². The number of hydrogen-bond acceptors (Lipinski definition) is 0.